The first kappa shape index (κ1) is 18.2. The molecule has 9 heteroatoms. The van der Waals surface area contributed by atoms with Gasteiger partial charge in [-0.25, -0.2) is 22.3 Å². The number of hydrogen-bond donors (Lipinski definition) is 1. The van der Waals surface area contributed by atoms with E-state index in [0.717, 1.165) is 0 Å². The third kappa shape index (κ3) is 3.94. The van der Waals surface area contributed by atoms with Crippen molar-refractivity contribution in [2.24, 2.45) is 0 Å². The Morgan fingerprint density at radius 1 is 1.27 bits per heavy atom. The predicted molar refractivity (Wildman–Crippen MR) is 92.2 cm³/mol. The Morgan fingerprint density at radius 2 is 2.00 bits per heavy atom. The van der Waals surface area contributed by atoms with E-state index in [0.29, 0.717) is 11.4 Å². The molecule has 2 aromatic carbocycles. The first-order chi connectivity index (χ1) is 12.4. The third-order valence-electron chi connectivity index (χ3n) is 3.86. The average molecular weight is 380 g/mol. The van der Waals surface area contributed by atoms with Crippen molar-refractivity contribution in [3.05, 3.63) is 54.3 Å². The Kier molecular flexibility index (Phi) is 5.10. The number of rotatable bonds is 6. The number of cyclic esters (lactones) is 1. The highest BCUT2D eigenvalue weighted by Crippen LogP contribution is 2.22. The van der Waals surface area contributed by atoms with Crippen LogP contribution in [0.15, 0.2) is 53.4 Å². The molecule has 1 fully saturated rings. The Morgan fingerprint density at radius 3 is 2.65 bits per heavy atom. The zero-order chi connectivity index (χ0) is 18.7. The summed E-state index contributed by atoms with van der Waals surface area (Å²) in [6.07, 6.45) is -1.33. The summed E-state index contributed by atoms with van der Waals surface area (Å²) in [4.78, 5) is 13.3. The summed E-state index contributed by atoms with van der Waals surface area (Å²) >= 11 is 0. The van der Waals surface area contributed by atoms with Crippen molar-refractivity contribution in [2.45, 2.75) is 11.0 Å². The second kappa shape index (κ2) is 7.30. The highest BCUT2D eigenvalue weighted by Gasteiger charge is 2.33. The highest BCUT2D eigenvalue weighted by molar-refractivity contribution is 7.89. The standard InChI is InChI=1S/C17H17FN2O5S/c1-24-14-5-7-16(8-6-14)26(22,23)19-10-15-11-20(17(21)25-15)13-4-2-3-12(18)9-13/h2-9,15,19H,10-11H2,1H3. The van der Waals surface area contributed by atoms with Gasteiger partial charge in [0, 0.05) is 6.54 Å². The Balaban J connectivity index is 1.63. The van der Waals surface area contributed by atoms with Gasteiger partial charge in [-0.15, -0.1) is 0 Å². The monoisotopic (exact) mass is 380 g/mol. The maximum atomic E-state index is 13.3. The molecule has 7 nitrogen and oxygen atoms in total. The van der Waals surface area contributed by atoms with Crippen LogP contribution in [-0.4, -0.2) is 40.8 Å². The van der Waals surface area contributed by atoms with Crippen LogP contribution in [0.2, 0.25) is 0 Å². The predicted octanol–water partition coefficient (Wildman–Crippen LogP) is 2.14. The number of ether oxygens (including phenoxy) is 2. The van der Waals surface area contributed by atoms with E-state index >= 15 is 0 Å². The van der Waals surface area contributed by atoms with Gasteiger partial charge >= 0.3 is 6.09 Å². The molecule has 0 bridgehead atoms. The molecule has 1 aliphatic rings. The zero-order valence-electron chi connectivity index (χ0n) is 13.9. The molecule has 1 amide bonds. The van der Waals surface area contributed by atoms with Crippen molar-refractivity contribution in [3.8, 4) is 5.75 Å². The van der Waals surface area contributed by atoms with E-state index < -0.39 is 28.0 Å². The quantitative estimate of drug-likeness (QED) is 0.830. The topological polar surface area (TPSA) is 84.9 Å². The van der Waals surface area contributed by atoms with Crippen molar-refractivity contribution in [3.63, 3.8) is 0 Å². The second-order valence-corrected chi connectivity index (χ2v) is 7.39. The molecule has 26 heavy (non-hydrogen) atoms. The Bertz CT molecular complexity index is 902. The number of hydrogen-bond acceptors (Lipinski definition) is 5. The molecule has 1 unspecified atom stereocenters. The summed E-state index contributed by atoms with van der Waals surface area (Å²) in [7, 11) is -2.27. The molecule has 0 saturated carbocycles. The van der Waals surface area contributed by atoms with Crippen LogP contribution in [0, 0.1) is 5.82 Å². The lowest BCUT2D eigenvalue weighted by atomic mass is 10.2. The van der Waals surface area contributed by atoms with E-state index in [1.807, 2.05) is 0 Å². The van der Waals surface area contributed by atoms with E-state index in [1.54, 1.807) is 6.07 Å². The summed E-state index contributed by atoms with van der Waals surface area (Å²) in [5.74, 6) is 0.0679. The molecule has 1 aliphatic heterocycles. The van der Waals surface area contributed by atoms with Crippen LogP contribution in [0.4, 0.5) is 14.9 Å². The van der Waals surface area contributed by atoms with E-state index in [9.17, 15) is 17.6 Å². The van der Waals surface area contributed by atoms with Crippen molar-refractivity contribution in [2.75, 3.05) is 25.1 Å². The number of methoxy groups -OCH3 is 1. The molecule has 138 valence electrons. The van der Waals surface area contributed by atoms with Gasteiger partial charge in [0.1, 0.15) is 17.7 Å². The fourth-order valence-corrected chi connectivity index (χ4v) is 3.59. The third-order valence-corrected chi connectivity index (χ3v) is 5.30. The molecule has 1 N–H and O–H groups in total. The number of amides is 1. The summed E-state index contributed by atoms with van der Waals surface area (Å²) in [6.45, 7) is 0.0271. The number of carbonyl (C=O) groups is 1. The summed E-state index contributed by atoms with van der Waals surface area (Å²) in [5.41, 5.74) is 0.357. The average Bonchev–Trinajstić information content (AvgIpc) is 3.01. The maximum absolute atomic E-state index is 13.3. The second-order valence-electron chi connectivity index (χ2n) is 5.62. The molecule has 2 aromatic rings. The number of sulfonamides is 1. The molecule has 0 aromatic heterocycles. The van der Waals surface area contributed by atoms with Crippen LogP contribution in [0.3, 0.4) is 0 Å². The molecular formula is C17H17FN2O5S. The van der Waals surface area contributed by atoms with E-state index in [1.165, 1.54) is 54.5 Å². The molecule has 1 atom stereocenters. The van der Waals surface area contributed by atoms with Crippen LogP contribution >= 0.6 is 0 Å². The molecule has 3 rings (SSSR count). The molecular weight excluding hydrogens is 363 g/mol. The van der Waals surface area contributed by atoms with Crippen molar-refractivity contribution >= 4 is 21.8 Å². The Labute approximate surface area is 150 Å². The first-order valence-corrected chi connectivity index (χ1v) is 9.25. The van der Waals surface area contributed by atoms with E-state index in [4.69, 9.17) is 9.47 Å². The van der Waals surface area contributed by atoms with Crippen LogP contribution in [0.5, 0.6) is 5.75 Å². The highest BCUT2D eigenvalue weighted by atomic mass is 32.2. The number of nitrogens with one attached hydrogen (secondary N) is 1. The lowest BCUT2D eigenvalue weighted by molar-refractivity contribution is 0.143. The van der Waals surface area contributed by atoms with Gasteiger partial charge < -0.3 is 9.47 Å². The zero-order valence-corrected chi connectivity index (χ0v) is 14.7. The smallest absolute Gasteiger partial charge is 0.414 e. The van der Waals surface area contributed by atoms with Gasteiger partial charge in [0.2, 0.25) is 10.0 Å². The maximum Gasteiger partial charge on any atom is 0.414 e. The van der Waals surface area contributed by atoms with Crippen molar-refractivity contribution in [1.82, 2.24) is 4.72 Å². The Hall–Kier alpha value is -2.65. The number of carbonyl (C=O) groups excluding carboxylic acids is 1. The normalized spacial score (nSPS) is 17.2. The summed E-state index contributed by atoms with van der Waals surface area (Å²) in [5, 5.41) is 0. The molecule has 0 spiro atoms. The van der Waals surface area contributed by atoms with Gasteiger partial charge in [-0.1, -0.05) is 6.07 Å². The lowest BCUT2D eigenvalue weighted by Crippen LogP contribution is -2.34. The molecule has 1 heterocycles. The number of nitrogens with zero attached hydrogens (tertiary/aromatic N) is 1. The van der Waals surface area contributed by atoms with Gasteiger partial charge in [-0.2, -0.15) is 0 Å². The van der Waals surface area contributed by atoms with Crippen LogP contribution < -0.4 is 14.4 Å². The van der Waals surface area contributed by atoms with E-state index in [2.05, 4.69) is 4.72 Å². The fourth-order valence-electron chi connectivity index (χ4n) is 2.52. The van der Waals surface area contributed by atoms with Gasteiger partial charge in [0.15, 0.2) is 0 Å². The molecule has 1 saturated heterocycles. The number of anilines is 1. The van der Waals surface area contributed by atoms with Crippen LogP contribution in [0.25, 0.3) is 0 Å². The first-order valence-electron chi connectivity index (χ1n) is 7.76. The van der Waals surface area contributed by atoms with Crippen molar-refractivity contribution in [1.29, 1.82) is 0 Å². The van der Waals surface area contributed by atoms with E-state index in [-0.39, 0.29) is 18.0 Å². The molecule has 0 radical (unpaired) electrons. The minimum Gasteiger partial charge on any atom is -0.497 e. The lowest BCUT2D eigenvalue weighted by Gasteiger charge is -2.13. The SMILES string of the molecule is COc1ccc(S(=O)(=O)NCC2CN(c3cccc(F)c3)C(=O)O2)cc1. The number of halogens is 1. The van der Waals surface area contributed by atoms with Gasteiger partial charge in [-0.05, 0) is 42.5 Å². The molecule has 0 aliphatic carbocycles. The minimum atomic E-state index is -3.75. The van der Waals surface area contributed by atoms with Crippen LogP contribution in [-0.2, 0) is 14.8 Å². The van der Waals surface area contributed by atoms with Gasteiger partial charge in [0.25, 0.3) is 0 Å². The summed E-state index contributed by atoms with van der Waals surface area (Å²) in [6, 6.07) is 11.5. The van der Waals surface area contributed by atoms with Crippen LogP contribution in [0.1, 0.15) is 0 Å². The number of benzene rings is 2. The van der Waals surface area contributed by atoms with Gasteiger partial charge in [-0.3, -0.25) is 4.90 Å². The van der Waals surface area contributed by atoms with Gasteiger partial charge in [0.05, 0.1) is 24.2 Å². The minimum absolute atomic E-state index is 0.0737. The summed E-state index contributed by atoms with van der Waals surface area (Å²) < 4.78 is 50.5. The fraction of sp³-hybridized carbons (Fsp3) is 0.235. The largest absolute Gasteiger partial charge is 0.497 e. The van der Waals surface area contributed by atoms with Crippen molar-refractivity contribution < 1.29 is 27.1 Å².